The molecule has 2 aliphatic rings. The van der Waals surface area contributed by atoms with Gasteiger partial charge in [0, 0.05) is 18.5 Å². The molecular weight excluding hydrogens is 450 g/mol. The third-order valence-electron chi connectivity index (χ3n) is 7.61. The molecule has 1 N–H and O–H groups in total. The van der Waals surface area contributed by atoms with Gasteiger partial charge in [0.15, 0.2) is 0 Å². The molecule has 0 unspecified atom stereocenters. The van der Waals surface area contributed by atoms with Gasteiger partial charge in [-0.3, -0.25) is 0 Å². The summed E-state index contributed by atoms with van der Waals surface area (Å²) >= 11 is 0. The van der Waals surface area contributed by atoms with Gasteiger partial charge in [0.2, 0.25) is 0 Å². The fourth-order valence-corrected chi connectivity index (χ4v) is 7.07. The van der Waals surface area contributed by atoms with Crippen molar-refractivity contribution >= 4 is 10.0 Å². The number of halogens is 2. The SMILES string of the molecule is CCN(C[C@@]12CC[C@@H](c3cc(-c4c(F)cccc4F)nnc31)C2(C)C)S(=O)(=O)c1ncn[nH]1. The zero-order valence-corrected chi connectivity index (χ0v) is 19.3. The third kappa shape index (κ3) is 2.98. The minimum absolute atomic E-state index is 0.0725. The number of benzene rings is 1. The van der Waals surface area contributed by atoms with E-state index in [1.54, 1.807) is 13.0 Å². The zero-order valence-electron chi connectivity index (χ0n) is 18.5. The number of nitrogens with one attached hydrogen (secondary N) is 1. The molecule has 0 saturated heterocycles. The Bertz CT molecular complexity index is 1310. The first-order valence-electron chi connectivity index (χ1n) is 10.8. The van der Waals surface area contributed by atoms with Crippen molar-refractivity contribution in [1.82, 2.24) is 29.7 Å². The van der Waals surface area contributed by atoms with Crippen molar-refractivity contribution in [3.63, 3.8) is 0 Å². The van der Waals surface area contributed by atoms with Gasteiger partial charge in [0.05, 0.1) is 17.0 Å². The van der Waals surface area contributed by atoms with Crippen molar-refractivity contribution in [2.24, 2.45) is 5.41 Å². The number of H-pyrrole nitrogens is 1. The van der Waals surface area contributed by atoms with Gasteiger partial charge in [0.25, 0.3) is 15.2 Å². The molecule has 3 aromatic rings. The molecule has 1 aromatic carbocycles. The molecule has 33 heavy (non-hydrogen) atoms. The van der Waals surface area contributed by atoms with Crippen molar-refractivity contribution in [1.29, 1.82) is 0 Å². The Morgan fingerprint density at radius 1 is 1.21 bits per heavy atom. The number of aromatic nitrogens is 5. The first kappa shape index (κ1) is 22.0. The smallest absolute Gasteiger partial charge is 0.249 e. The van der Waals surface area contributed by atoms with E-state index < -0.39 is 27.1 Å². The number of hydrogen-bond donors (Lipinski definition) is 1. The monoisotopic (exact) mass is 474 g/mol. The van der Waals surface area contributed by atoms with Crippen LogP contribution in [0.3, 0.4) is 0 Å². The molecule has 1 fully saturated rings. The van der Waals surface area contributed by atoms with Crippen molar-refractivity contribution in [3.05, 3.63) is 53.5 Å². The molecule has 2 bridgehead atoms. The number of fused-ring (bicyclic) bond motifs is 5. The summed E-state index contributed by atoms with van der Waals surface area (Å²) in [5, 5.41) is 14.6. The number of aromatic amines is 1. The van der Waals surface area contributed by atoms with E-state index in [9.17, 15) is 17.2 Å². The average molecular weight is 475 g/mol. The average Bonchev–Trinajstić information content (AvgIpc) is 3.44. The van der Waals surface area contributed by atoms with Crippen LogP contribution in [0.4, 0.5) is 8.78 Å². The lowest BCUT2D eigenvalue weighted by molar-refractivity contribution is 0.169. The highest BCUT2D eigenvalue weighted by atomic mass is 32.2. The van der Waals surface area contributed by atoms with Crippen molar-refractivity contribution in [2.45, 2.75) is 50.1 Å². The van der Waals surface area contributed by atoms with Crippen LogP contribution in [0, 0.1) is 17.0 Å². The third-order valence-corrected chi connectivity index (χ3v) is 9.36. The van der Waals surface area contributed by atoms with Gasteiger partial charge in [-0.15, -0.1) is 0 Å². The molecule has 2 aliphatic carbocycles. The highest BCUT2D eigenvalue weighted by molar-refractivity contribution is 7.88. The second kappa shape index (κ2) is 7.36. The highest BCUT2D eigenvalue weighted by Gasteiger charge is 2.64. The van der Waals surface area contributed by atoms with Gasteiger partial charge in [0.1, 0.15) is 18.0 Å². The molecule has 8 nitrogen and oxygen atoms in total. The first-order valence-corrected chi connectivity index (χ1v) is 12.3. The predicted molar refractivity (Wildman–Crippen MR) is 116 cm³/mol. The molecule has 0 spiro atoms. The van der Waals surface area contributed by atoms with Gasteiger partial charge >= 0.3 is 0 Å². The van der Waals surface area contributed by atoms with Crippen LogP contribution in [-0.2, 0) is 15.4 Å². The molecule has 5 rings (SSSR count). The van der Waals surface area contributed by atoms with Crippen LogP contribution in [-0.4, -0.2) is 51.2 Å². The van der Waals surface area contributed by atoms with E-state index in [0.29, 0.717) is 5.69 Å². The molecule has 11 heteroatoms. The summed E-state index contributed by atoms with van der Waals surface area (Å²) in [6, 6.07) is 5.42. The van der Waals surface area contributed by atoms with Crippen molar-refractivity contribution in [3.8, 4) is 11.3 Å². The molecular formula is C22H24F2N6O2S. The molecule has 0 radical (unpaired) electrons. The van der Waals surface area contributed by atoms with Crippen LogP contribution in [0.1, 0.15) is 50.8 Å². The molecule has 2 aromatic heterocycles. The van der Waals surface area contributed by atoms with Crippen LogP contribution >= 0.6 is 0 Å². The van der Waals surface area contributed by atoms with Crippen molar-refractivity contribution in [2.75, 3.05) is 13.1 Å². The van der Waals surface area contributed by atoms with E-state index >= 15 is 0 Å². The molecule has 1 saturated carbocycles. The van der Waals surface area contributed by atoms with Gasteiger partial charge in [-0.05, 0) is 47.9 Å². The largest absolute Gasteiger partial charge is 0.278 e. The van der Waals surface area contributed by atoms with E-state index in [1.807, 2.05) is 0 Å². The Hall–Kier alpha value is -2.79. The lowest BCUT2D eigenvalue weighted by atomic mass is 9.68. The normalized spacial score (nSPS) is 23.3. The number of sulfonamides is 1. The van der Waals surface area contributed by atoms with E-state index in [-0.39, 0.29) is 40.8 Å². The van der Waals surface area contributed by atoms with Gasteiger partial charge < -0.3 is 0 Å². The highest BCUT2D eigenvalue weighted by Crippen LogP contribution is 2.67. The van der Waals surface area contributed by atoms with Gasteiger partial charge in [-0.2, -0.15) is 19.6 Å². The van der Waals surface area contributed by atoms with E-state index in [2.05, 4.69) is 39.2 Å². The van der Waals surface area contributed by atoms with Crippen molar-refractivity contribution < 1.29 is 17.2 Å². The Morgan fingerprint density at radius 3 is 2.58 bits per heavy atom. The predicted octanol–water partition coefficient (Wildman–Crippen LogP) is 3.41. The Morgan fingerprint density at radius 2 is 1.94 bits per heavy atom. The van der Waals surface area contributed by atoms with Gasteiger partial charge in [-0.25, -0.2) is 27.3 Å². The summed E-state index contributed by atoms with van der Waals surface area (Å²) in [5.74, 6) is -1.32. The standard InChI is InChI=1S/C22H24F2N6O2S/c1-4-30(33(31,32)20-25-12-26-29-20)11-22-9-8-14(21(22,2)3)13-10-17(27-28-19(13)22)18-15(23)6-5-7-16(18)24/h5-7,10,12,14H,4,8-9,11H2,1-3H3,(H,25,26,29)/t14-,22-/m0/s1. The number of nitrogens with zero attached hydrogens (tertiary/aromatic N) is 5. The fraction of sp³-hybridized carbons (Fsp3) is 0.455. The van der Waals surface area contributed by atoms with E-state index in [4.69, 9.17) is 0 Å². The fourth-order valence-electron chi connectivity index (χ4n) is 5.75. The van der Waals surface area contributed by atoms with Gasteiger partial charge in [-0.1, -0.05) is 26.8 Å². The molecule has 2 atom stereocenters. The Kier molecular flexibility index (Phi) is 4.91. The first-order chi connectivity index (χ1) is 15.6. The maximum absolute atomic E-state index is 14.4. The molecule has 174 valence electrons. The minimum Gasteiger partial charge on any atom is -0.249 e. The van der Waals surface area contributed by atoms with Crippen LogP contribution in [0.5, 0.6) is 0 Å². The lowest BCUT2D eigenvalue weighted by Crippen LogP contribution is -2.48. The summed E-state index contributed by atoms with van der Waals surface area (Å²) in [7, 11) is -3.88. The number of hydrogen-bond acceptors (Lipinski definition) is 6. The summed E-state index contributed by atoms with van der Waals surface area (Å²) in [6.45, 7) is 6.42. The summed E-state index contributed by atoms with van der Waals surface area (Å²) in [4.78, 5) is 3.84. The Balaban J connectivity index is 1.60. The maximum atomic E-state index is 14.4. The molecule has 0 aliphatic heterocycles. The lowest BCUT2D eigenvalue weighted by Gasteiger charge is -2.40. The van der Waals surface area contributed by atoms with E-state index in [0.717, 1.165) is 24.7 Å². The van der Waals surface area contributed by atoms with Crippen LogP contribution < -0.4 is 0 Å². The zero-order chi connectivity index (χ0) is 23.6. The number of likely N-dealkylation sites (N-methyl/N-ethyl adjacent to an activating group) is 1. The van der Waals surface area contributed by atoms with Crippen LogP contribution in [0.15, 0.2) is 35.7 Å². The second-order valence-corrected chi connectivity index (χ2v) is 11.1. The summed E-state index contributed by atoms with van der Waals surface area (Å²) in [5.41, 5.74) is 0.605. The van der Waals surface area contributed by atoms with Crippen LogP contribution in [0.2, 0.25) is 0 Å². The second-order valence-electron chi connectivity index (χ2n) is 9.25. The van der Waals surface area contributed by atoms with E-state index in [1.165, 1.54) is 22.5 Å². The quantitative estimate of drug-likeness (QED) is 0.587. The topological polar surface area (TPSA) is 105 Å². The van der Waals surface area contributed by atoms with Crippen LogP contribution in [0.25, 0.3) is 11.3 Å². The molecule has 0 amide bonds. The Labute approximate surface area is 190 Å². The number of rotatable bonds is 6. The summed E-state index contributed by atoms with van der Waals surface area (Å²) < 4.78 is 56.6. The maximum Gasteiger partial charge on any atom is 0.278 e. The summed E-state index contributed by atoms with van der Waals surface area (Å²) in [6.07, 6.45) is 2.72. The molecule has 2 heterocycles. The minimum atomic E-state index is -3.88.